The molecule has 0 aliphatic heterocycles. The van der Waals surface area contributed by atoms with E-state index in [0.29, 0.717) is 28.8 Å². The van der Waals surface area contributed by atoms with Crippen LogP contribution in [-0.4, -0.2) is 25.8 Å². The first-order chi connectivity index (χ1) is 11.1. The van der Waals surface area contributed by atoms with E-state index in [2.05, 4.69) is 20.6 Å². The van der Waals surface area contributed by atoms with Gasteiger partial charge in [-0.3, -0.25) is 9.48 Å². The SMILES string of the molecule is Cc1noc(CSc2ccccc2C(=O)Nc2ccn(C)n2)n1. The Labute approximate surface area is 137 Å². The third-order valence-electron chi connectivity index (χ3n) is 3.01. The summed E-state index contributed by atoms with van der Waals surface area (Å²) >= 11 is 1.47. The molecule has 0 aliphatic rings. The first kappa shape index (κ1) is 15.3. The summed E-state index contributed by atoms with van der Waals surface area (Å²) < 4.78 is 6.72. The zero-order chi connectivity index (χ0) is 16.2. The fraction of sp³-hybridized carbons (Fsp3) is 0.200. The largest absolute Gasteiger partial charge is 0.338 e. The van der Waals surface area contributed by atoms with E-state index in [1.54, 1.807) is 37.0 Å². The summed E-state index contributed by atoms with van der Waals surface area (Å²) in [6.07, 6.45) is 1.77. The summed E-state index contributed by atoms with van der Waals surface area (Å²) in [5, 5.41) is 10.7. The second-order valence-corrected chi connectivity index (χ2v) is 5.87. The Bertz CT molecular complexity index is 827. The molecule has 0 spiro atoms. The molecule has 1 amide bonds. The Kier molecular flexibility index (Phi) is 4.42. The van der Waals surface area contributed by atoms with Gasteiger partial charge in [0, 0.05) is 24.2 Å². The van der Waals surface area contributed by atoms with Crippen LogP contribution in [0.3, 0.4) is 0 Å². The van der Waals surface area contributed by atoms with E-state index in [0.717, 1.165) is 4.90 Å². The van der Waals surface area contributed by atoms with Crippen LogP contribution in [0.25, 0.3) is 0 Å². The Balaban J connectivity index is 1.73. The minimum absolute atomic E-state index is 0.200. The van der Waals surface area contributed by atoms with E-state index in [9.17, 15) is 4.79 Å². The van der Waals surface area contributed by atoms with Crippen molar-refractivity contribution < 1.29 is 9.32 Å². The summed E-state index contributed by atoms with van der Waals surface area (Å²) in [4.78, 5) is 17.4. The lowest BCUT2D eigenvalue weighted by atomic mass is 10.2. The number of carbonyl (C=O) groups excluding carboxylic acids is 1. The van der Waals surface area contributed by atoms with Crippen LogP contribution in [0.2, 0.25) is 0 Å². The van der Waals surface area contributed by atoms with Crippen molar-refractivity contribution in [3.05, 3.63) is 53.8 Å². The van der Waals surface area contributed by atoms with Crippen LogP contribution in [0.1, 0.15) is 22.1 Å². The maximum absolute atomic E-state index is 12.4. The standard InChI is InChI=1S/C15H15N5O2S/c1-10-16-14(22-19-10)9-23-12-6-4-3-5-11(12)15(21)17-13-7-8-20(2)18-13/h3-8H,9H2,1-2H3,(H,17,18,21). The molecule has 8 heteroatoms. The Morgan fingerprint density at radius 1 is 1.35 bits per heavy atom. The molecular weight excluding hydrogens is 314 g/mol. The summed E-state index contributed by atoms with van der Waals surface area (Å²) in [7, 11) is 1.80. The van der Waals surface area contributed by atoms with Crippen molar-refractivity contribution in [3.8, 4) is 0 Å². The average molecular weight is 329 g/mol. The van der Waals surface area contributed by atoms with E-state index in [1.165, 1.54) is 11.8 Å². The van der Waals surface area contributed by atoms with E-state index in [4.69, 9.17) is 4.52 Å². The number of thioether (sulfide) groups is 1. The summed E-state index contributed by atoms with van der Waals surface area (Å²) in [6, 6.07) is 9.13. The maximum atomic E-state index is 12.4. The molecule has 0 atom stereocenters. The van der Waals surface area contributed by atoms with E-state index < -0.39 is 0 Å². The Hall–Kier alpha value is -2.61. The highest BCUT2D eigenvalue weighted by atomic mass is 32.2. The minimum atomic E-state index is -0.200. The second kappa shape index (κ2) is 6.66. The molecule has 0 radical (unpaired) electrons. The van der Waals surface area contributed by atoms with Crippen molar-refractivity contribution in [2.75, 3.05) is 5.32 Å². The van der Waals surface area contributed by atoms with Gasteiger partial charge in [-0.25, -0.2) is 0 Å². The molecule has 0 aliphatic carbocycles. The first-order valence-corrected chi connectivity index (χ1v) is 7.92. The Morgan fingerprint density at radius 3 is 2.87 bits per heavy atom. The summed E-state index contributed by atoms with van der Waals surface area (Å²) in [6.45, 7) is 1.77. The number of benzene rings is 1. The van der Waals surface area contributed by atoms with E-state index in [-0.39, 0.29) is 5.91 Å². The van der Waals surface area contributed by atoms with Gasteiger partial charge in [-0.1, -0.05) is 17.3 Å². The van der Waals surface area contributed by atoms with Crippen LogP contribution in [0.4, 0.5) is 5.82 Å². The highest BCUT2D eigenvalue weighted by Crippen LogP contribution is 2.26. The number of hydrogen-bond acceptors (Lipinski definition) is 6. The molecule has 0 bridgehead atoms. The molecule has 3 rings (SSSR count). The van der Waals surface area contributed by atoms with Crippen molar-refractivity contribution in [2.24, 2.45) is 7.05 Å². The number of carbonyl (C=O) groups is 1. The molecule has 0 saturated carbocycles. The predicted molar refractivity (Wildman–Crippen MR) is 86.2 cm³/mol. The number of hydrogen-bond donors (Lipinski definition) is 1. The Morgan fingerprint density at radius 2 is 2.17 bits per heavy atom. The fourth-order valence-electron chi connectivity index (χ4n) is 1.98. The molecule has 118 valence electrons. The maximum Gasteiger partial charge on any atom is 0.257 e. The van der Waals surface area contributed by atoms with Crippen molar-refractivity contribution in [1.82, 2.24) is 19.9 Å². The highest BCUT2D eigenvalue weighted by Gasteiger charge is 2.14. The lowest BCUT2D eigenvalue weighted by molar-refractivity contribution is 0.102. The van der Waals surface area contributed by atoms with Gasteiger partial charge in [0.15, 0.2) is 11.6 Å². The van der Waals surface area contributed by atoms with Crippen LogP contribution in [-0.2, 0) is 12.8 Å². The highest BCUT2D eigenvalue weighted by molar-refractivity contribution is 7.98. The first-order valence-electron chi connectivity index (χ1n) is 6.94. The van der Waals surface area contributed by atoms with Gasteiger partial charge in [0.2, 0.25) is 5.89 Å². The van der Waals surface area contributed by atoms with Gasteiger partial charge in [0.25, 0.3) is 5.91 Å². The smallest absolute Gasteiger partial charge is 0.257 e. The van der Waals surface area contributed by atoms with E-state index in [1.807, 2.05) is 18.2 Å². The number of nitrogens with one attached hydrogen (secondary N) is 1. The molecule has 3 aromatic rings. The van der Waals surface area contributed by atoms with Gasteiger partial charge in [-0.05, 0) is 19.1 Å². The van der Waals surface area contributed by atoms with Crippen LogP contribution in [0, 0.1) is 6.92 Å². The van der Waals surface area contributed by atoms with Crippen LogP contribution < -0.4 is 5.32 Å². The van der Waals surface area contributed by atoms with Gasteiger partial charge in [0.05, 0.1) is 11.3 Å². The molecule has 2 heterocycles. The lowest BCUT2D eigenvalue weighted by Gasteiger charge is -2.07. The lowest BCUT2D eigenvalue weighted by Crippen LogP contribution is -2.13. The van der Waals surface area contributed by atoms with Crippen LogP contribution >= 0.6 is 11.8 Å². The average Bonchev–Trinajstić information content (AvgIpc) is 3.14. The predicted octanol–water partition coefficient (Wildman–Crippen LogP) is 2.66. The van der Waals surface area contributed by atoms with Crippen LogP contribution in [0.5, 0.6) is 0 Å². The van der Waals surface area contributed by atoms with Crippen molar-refractivity contribution in [3.63, 3.8) is 0 Å². The molecule has 0 fully saturated rings. The summed E-state index contributed by atoms with van der Waals surface area (Å²) in [5.41, 5.74) is 0.583. The van der Waals surface area contributed by atoms with Gasteiger partial charge in [-0.15, -0.1) is 11.8 Å². The van der Waals surface area contributed by atoms with Crippen molar-refractivity contribution >= 4 is 23.5 Å². The van der Waals surface area contributed by atoms with Crippen molar-refractivity contribution in [1.29, 1.82) is 0 Å². The number of amides is 1. The summed E-state index contributed by atoms with van der Waals surface area (Å²) in [5.74, 6) is 1.96. The van der Waals surface area contributed by atoms with Gasteiger partial charge < -0.3 is 9.84 Å². The molecular formula is C15H15N5O2S. The number of anilines is 1. The second-order valence-electron chi connectivity index (χ2n) is 4.85. The molecule has 1 aromatic carbocycles. The molecule has 23 heavy (non-hydrogen) atoms. The normalized spacial score (nSPS) is 10.7. The number of aromatic nitrogens is 4. The monoisotopic (exact) mass is 329 g/mol. The number of rotatable bonds is 5. The van der Waals surface area contributed by atoms with Crippen LogP contribution in [0.15, 0.2) is 45.9 Å². The van der Waals surface area contributed by atoms with Gasteiger partial charge in [-0.2, -0.15) is 10.1 Å². The zero-order valence-electron chi connectivity index (χ0n) is 12.7. The number of nitrogens with zero attached hydrogens (tertiary/aromatic N) is 4. The fourth-order valence-corrected chi connectivity index (χ4v) is 2.87. The molecule has 0 unspecified atom stereocenters. The van der Waals surface area contributed by atoms with Crippen molar-refractivity contribution in [2.45, 2.75) is 17.6 Å². The molecule has 2 aromatic heterocycles. The molecule has 1 N–H and O–H groups in total. The van der Waals surface area contributed by atoms with Gasteiger partial charge >= 0.3 is 0 Å². The zero-order valence-corrected chi connectivity index (χ0v) is 13.5. The number of aryl methyl sites for hydroxylation is 2. The third-order valence-corrected chi connectivity index (χ3v) is 4.07. The van der Waals surface area contributed by atoms with Gasteiger partial charge in [0.1, 0.15) is 0 Å². The van der Waals surface area contributed by atoms with E-state index >= 15 is 0 Å². The molecule has 7 nitrogen and oxygen atoms in total. The third kappa shape index (κ3) is 3.78. The topological polar surface area (TPSA) is 85.8 Å². The quantitative estimate of drug-likeness (QED) is 0.724. The molecule has 0 saturated heterocycles. The minimum Gasteiger partial charge on any atom is -0.338 e.